The van der Waals surface area contributed by atoms with Gasteiger partial charge in [0.1, 0.15) is 0 Å². The number of carbonyl (C=O) groups is 1. The summed E-state index contributed by atoms with van der Waals surface area (Å²) in [5, 5.41) is 9.04. The van der Waals surface area contributed by atoms with Gasteiger partial charge in [-0.25, -0.2) is 4.79 Å². The summed E-state index contributed by atoms with van der Waals surface area (Å²) in [4.78, 5) is 22.7. The molecule has 0 fully saturated rings. The van der Waals surface area contributed by atoms with E-state index in [1.54, 1.807) is 13.8 Å². The number of carboxylic acids is 1. The highest BCUT2D eigenvalue weighted by Gasteiger charge is 2.15. The highest BCUT2D eigenvalue weighted by Crippen LogP contribution is 2.10. The summed E-state index contributed by atoms with van der Waals surface area (Å²) in [6.45, 7) is 4.00. The van der Waals surface area contributed by atoms with Gasteiger partial charge in [-0.15, -0.1) is 0 Å². The van der Waals surface area contributed by atoms with E-state index >= 15 is 0 Å². The molecule has 0 aliphatic carbocycles. The Balaban J connectivity index is 3.33. The van der Waals surface area contributed by atoms with Gasteiger partial charge < -0.3 is 14.4 Å². The third kappa shape index (κ3) is 2.30. The van der Waals surface area contributed by atoms with E-state index in [-0.39, 0.29) is 11.1 Å². The van der Waals surface area contributed by atoms with E-state index in [0.29, 0.717) is 24.4 Å². The zero-order valence-corrected chi connectivity index (χ0v) is 9.61. The maximum absolute atomic E-state index is 11.7. The minimum Gasteiger partial charge on any atom is -0.478 e. The normalized spacial score (nSPS) is 10.4. The molecule has 0 aliphatic rings. The van der Waals surface area contributed by atoms with Crippen LogP contribution in [-0.2, 0) is 11.3 Å². The summed E-state index contributed by atoms with van der Waals surface area (Å²) in [5.41, 5.74) is 0.950. The largest absolute Gasteiger partial charge is 0.478 e. The van der Waals surface area contributed by atoms with Crippen molar-refractivity contribution in [2.24, 2.45) is 0 Å². The molecule has 0 bridgehead atoms. The Morgan fingerprint density at radius 1 is 1.50 bits per heavy atom. The smallest absolute Gasteiger partial charge is 0.337 e. The lowest BCUT2D eigenvalue weighted by atomic mass is 10.1. The van der Waals surface area contributed by atoms with Crippen LogP contribution in [0.15, 0.2) is 10.9 Å². The second kappa shape index (κ2) is 4.94. The lowest BCUT2D eigenvalue weighted by Gasteiger charge is -2.13. The Hall–Kier alpha value is -1.62. The summed E-state index contributed by atoms with van der Waals surface area (Å²) in [7, 11) is 1.53. The quantitative estimate of drug-likeness (QED) is 0.823. The summed E-state index contributed by atoms with van der Waals surface area (Å²) in [6, 6.07) is 1.34. The third-order valence-corrected chi connectivity index (χ3v) is 2.50. The Labute approximate surface area is 93.3 Å². The molecular weight excluding hydrogens is 210 g/mol. The lowest BCUT2D eigenvalue weighted by Crippen LogP contribution is -2.27. The molecule has 0 aromatic carbocycles. The monoisotopic (exact) mass is 225 g/mol. The molecule has 5 heteroatoms. The molecule has 0 unspecified atom stereocenters. The van der Waals surface area contributed by atoms with Crippen molar-refractivity contribution in [1.29, 1.82) is 0 Å². The van der Waals surface area contributed by atoms with Gasteiger partial charge in [-0.2, -0.15) is 0 Å². The molecule has 0 atom stereocenters. The van der Waals surface area contributed by atoms with E-state index in [1.807, 2.05) is 0 Å². The first-order valence-electron chi connectivity index (χ1n) is 4.92. The van der Waals surface area contributed by atoms with E-state index in [4.69, 9.17) is 9.84 Å². The van der Waals surface area contributed by atoms with Gasteiger partial charge in [-0.3, -0.25) is 4.79 Å². The number of ether oxygens (including phenoxy) is 1. The van der Waals surface area contributed by atoms with E-state index in [0.717, 1.165) is 0 Å². The lowest BCUT2D eigenvalue weighted by molar-refractivity contribution is 0.0693. The number of rotatable bonds is 4. The maximum Gasteiger partial charge on any atom is 0.337 e. The van der Waals surface area contributed by atoms with Crippen LogP contribution in [0.3, 0.4) is 0 Å². The van der Waals surface area contributed by atoms with Gasteiger partial charge in [0, 0.05) is 25.4 Å². The average Bonchev–Trinajstić information content (AvgIpc) is 2.16. The molecule has 1 N–H and O–H groups in total. The van der Waals surface area contributed by atoms with Crippen molar-refractivity contribution in [3.05, 3.63) is 33.2 Å². The van der Waals surface area contributed by atoms with Crippen molar-refractivity contribution >= 4 is 5.97 Å². The molecule has 0 spiro atoms. The van der Waals surface area contributed by atoms with Crippen LogP contribution >= 0.6 is 0 Å². The fourth-order valence-corrected chi connectivity index (χ4v) is 1.70. The molecular formula is C11H15NO4. The van der Waals surface area contributed by atoms with Crippen LogP contribution in [-0.4, -0.2) is 29.4 Å². The van der Waals surface area contributed by atoms with Crippen molar-refractivity contribution in [3.8, 4) is 0 Å². The van der Waals surface area contributed by atoms with Gasteiger partial charge in [0.2, 0.25) is 0 Å². The van der Waals surface area contributed by atoms with Crippen LogP contribution in [0.4, 0.5) is 0 Å². The Bertz CT molecular complexity index is 462. The molecule has 1 aromatic rings. The molecule has 0 saturated heterocycles. The van der Waals surface area contributed by atoms with Crippen molar-refractivity contribution < 1.29 is 14.6 Å². The van der Waals surface area contributed by atoms with Gasteiger partial charge in [0.25, 0.3) is 5.56 Å². The van der Waals surface area contributed by atoms with Crippen LogP contribution in [0.5, 0.6) is 0 Å². The maximum atomic E-state index is 11.7. The first-order chi connectivity index (χ1) is 7.49. The minimum atomic E-state index is -1.01. The third-order valence-electron chi connectivity index (χ3n) is 2.50. The fraction of sp³-hybridized carbons (Fsp3) is 0.455. The first-order valence-corrected chi connectivity index (χ1v) is 4.92. The van der Waals surface area contributed by atoms with Gasteiger partial charge in [0.05, 0.1) is 12.2 Å². The predicted octanol–water partition coefficient (Wildman–Crippen LogP) is 0.810. The standard InChI is InChI=1S/C11H15NO4/c1-7-6-9(13)12(4-5-16-3)8(2)10(7)11(14)15/h6H,4-5H2,1-3H3,(H,14,15). The van der Waals surface area contributed by atoms with E-state index in [2.05, 4.69) is 0 Å². The van der Waals surface area contributed by atoms with Crippen LogP contribution in [0, 0.1) is 13.8 Å². The second-order valence-corrected chi connectivity index (χ2v) is 3.58. The summed E-state index contributed by atoms with van der Waals surface area (Å²) in [6.07, 6.45) is 0. The number of nitrogens with zero attached hydrogens (tertiary/aromatic N) is 1. The molecule has 0 aliphatic heterocycles. The highest BCUT2D eigenvalue weighted by molar-refractivity contribution is 5.90. The SMILES string of the molecule is COCCn1c(C)c(C(=O)O)c(C)cc1=O. The van der Waals surface area contributed by atoms with Crippen LogP contribution in [0.25, 0.3) is 0 Å². The average molecular weight is 225 g/mol. The van der Waals surface area contributed by atoms with Gasteiger partial charge in [-0.05, 0) is 19.4 Å². The highest BCUT2D eigenvalue weighted by atomic mass is 16.5. The Morgan fingerprint density at radius 3 is 2.62 bits per heavy atom. The molecule has 0 saturated carbocycles. The van der Waals surface area contributed by atoms with Gasteiger partial charge in [-0.1, -0.05) is 0 Å². The first kappa shape index (κ1) is 12.4. The van der Waals surface area contributed by atoms with E-state index in [9.17, 15) is 9.59 Å². The zero-order chi connectivity index (χ0) is 12.3. The number of carboxylic acid groups (broad SMARTS) is 1. The Morgan fingerprint density at radius 2 is 2.12 bits per heavy atom. The number of aryl methyl sites for hydroxylation is 1. The van der Waals surface area contributed by atoms with Crippen molar-refractivity contribution in [2.75, 3.05) is 13.7 Å². The number of methoxy groups -OCH3 is 1. The van der Waals surface area contributed by atoms with Crippen molar-refractivity contribution in [1.82, 2.24) is 4.57 Å². The zero-order valence-electron chi connectivity index (χ0n) is 9.61. The molecule has 5 nitrogen and oxygen atoms in total. The van der Waals surface area contributed by atoms with Gasteiger partial charge in [0.15, 0.2) is 0 Å². The number of hydrogen-bond acceptors (Lipinski definition) is 3. The van der Waals surface area contributed by atoms with Crippen LogP contribution in [0.2, 0.25) is 0 Å². The Kier molecular flexibility index (Phi) is 3.84. The number of aromatic carboxylic acids is 1. The predicted molar refractivity (Wildman–Crippen MR) is 59.0 cm³/mol. The van der Waals surface area contributed by atoms with Crippen LogP contribution in [0.1, 0.15) is 21.6 Å². The van der Waals surface area contributed by atoms with E-state index in [1.165, 1.54) is 17.7 Å². The second-order valence-electron chi connectivity index (χ2n) is 3.58. The molecule has 1 heterocycles. The van der Waals surface area contributed by atoms with Crippen LogP contribution < -0.4 is 5.56 Å². The topological polar surface area (TPSA) is 68.5 Å². The summed E-state index contributed by atoms with van der Waals surface area (Å²) in [5.74, 6) is -1.01. The molecule has 1 aromatic heterocycles. The van der Waals surface area contributed by atoms with Crippen molar-refractivity contribution in [3.63, 3.8) is 0 Å². The number of hydrogen-bond donors (Lipinski definition) is 1. The van der Waals surface area contributed by atoms with Gasteiger partial charge >= 0.3 is 5.97 Å². The fourth-order valence-electron chi connectivity index (χ4n) is 1.70. The van der Waals surface area contributed by atoms with E-state index < -0.39 is 5.97 Å². The molecule has 0 radical (unpaired) electrons. The number of aromatic nitrogens is 1. The summed E-state index contributed by atoms with van der Waals surface area (Å²) >= 11 is 0. The molecule has 16 heavy (non-hydrogen) atoms. The number of pyridine rings is 1. The summed E-state index contributed by atoms with van der Waals surface area (Å²) < 4.78 is 6.30. The molecule has 1 rings (SSSR count). The van der Waals surface area contributed by atoms with Crippen molar-refractivity contribution in [2.45, 2.75) is 20.4 Å². The molecule has 88 valence electrons. The minimum absolute atomic E-state index is 0.190. The molecule has 0 amide bonds.